The lowest BCUT2D eigenvalue weighted by Crippen LogP contribution is -2.22. The number of nitrogens with zero attached hydrogens (tertiary/aromatic N) is 2. The van der Waals surface area contributed by atoms with E-state index in [-0.39, 0.29) is 6.04 Å². The van der Waals surface area contributed by atoms with E-state index in [1.165, 1.54) is 0 Å². The van der Waals surface area contributed by atoms with Crippen LogP contribution in [-0.4, -0.2) is 16.5 Å². The number of hydrogen-bond acceptors (Lipinski definition) is 4. The number of fused-ring (bicyclic) bond motifs is 1. The van der Waals surface area contributed by atoms with Gasteiger partial charge < -0.3 is 9.73 Å². The van der Waals surface area contributed by atoms with Crippen molar-refractivity contribution in [2.75, 3.05) is 6.54 Å². The van der Waals surface area contributed by atoms with E-state index in [4.69, 9.17) is 16.0 Å². The average Bonchev–Trinajstić information content (AvgIpc) is 2.88. The van der Waals surface area contributed by atoms with Crippen molar-refractivity contribution >= 4 is 22.6 Å². The van der Waals surface area contributed by atoms with Crippen molar-refractivity contribution in [3.05, 3.63) is 59.3 Å². The fourth-order valence-corrected chi connectivity index (χ4v) is 2.37. The third-order valence-electron chi connectivity index (χ3n) is 3.07. The molecule has 2 heterocycles. The second-order valence-corrected chi connectivity index (χ2v) is 4.89. The second kappa shape index (κ2) is 5.61. The molecule has 0 fully saturated rings. The highest BCUT2D eigenvalue weighted by molar-refractivity contribution is 6.31. The minimum Gasteiger partial charge on any atom is -0.459 e. The number of nitrogens with one attached hydrogen (secondary N) is 1. The lowest BCUT2D eigenvalue weighted by Gasteiger charge is -2.13. The molecule has 0 bridgehead atoms. The van der Waals surface area contributed by atoms with Gasteiger partial charge in [0.2, 0.25) is 0 Å². The van der Waals surface area contributed by atoms with Crippen LogP contribution in [-0.2, 0) is 0 Å². The zero-order chi connectivity index (χ0) is 13.9. The summed E-state index contributed by atoms with van der Waals surface area (Å²) in [5.41, 5.74) is 1.65. The molecule has 0 spiro atoms. The summed E-state index contributed by atoms with van der Waals surface area (Å²) < 4.78 is 5.90. The smallest absolute Gasteiger partial charge is 0.134 e. The van der Waals surface area contributed by atoms with Crippen LogP contribution in [0.1, 0.15) is 24.4 Å². The van der Waals surface area contributed by atoms with Crippen molar-refractivity contribution < 1.29 is 4.42 Å². The van der Waals surface area contributed by atoms with Crippen LogP contribution >= 0.6 is 11.6 Å². The van der Waals surface area contributed by atoms with Crippen molar-refractivity contribution in [3.8, 4) is 0 Å². The summed E-state index contributed by atoms with van der Waals surface area (Å²) in [6.45, 7) is 2.85. The molecule has 20 heavy (non-hydrogen) atoms. The molecule has 0 saturated heterocycles. The molecule has 0 aliphatic rings. The van der Waals surface area contributed by atoms with Gasteiger partial charge in [-0.2, -0.15) is 0 Å². The van der Waals surface area contributed by atoms with Crippen molar-refractivity contribution in [1.82, 2.24) is 15.3 Å². The van der Waals surface area contributed by atoms with Gasteiger partial charge in [0.15, 0.2) is 0 Å². The van der Waals surface area contributed by atoms with Crippen LogP contribution in [0.4, 0.5) is 0 Å². The molecular formula is C15H14ClN3O. The van der Waals surface area contributed by atoms with Crippen molar-refractivity contribution in [1.29, 1.82) is 0 Å². The number of rotatable bonds is 4. The van der Waals surface area contributed by atoms with Crippen molar-refractivity contribution in [2.24, 2.45) is 0 Å². The Balaban J connectivity index is 2.05. The first-order chi connectivity index (χ1) is 9.78. The van der Waals surface area contributed by atoms with Crippen molar-refractivity contribution in [2.45, 2.75) is 13.0 Å². The molecule has 0 aliphatic heterocycles. The minimum absolute atomic E-state index is 0.111. The summed E-state index contributed by atoms with van der Waals surface area (Å²) in [5, 5.41) is 5.05. The Labute approximate surface area is 121 Å². The SMILES string of the molecule is CCNC(c1cnccn1)c1cc2cc(Cl)ccc2o1. The van der Waals surface area contributed by atoms with Crippen LogP contribution in [0.15, 0.2) is 47.3 Å². The lowest BCUT2D eigenvalue weighted by atomic mass is 10.1. The number of benzene rings is 1. The summed E-state index contributed by atoms with van der Waals surface area (Å²) in [4.78, 5) is 8.47. The Hall–Kier alpha value is -1.91. The number of halogens is 1. The van der Waals surface area contributed by atoms with Gasteiger partial charge in [-0.15, -0.1) is 0 Å². The summed E-state index contributed by atoms with van der Waals surface area (Å²) in [6, 6.07) is 7.47. The summed E-state index contributed by atoms with van der Waals surface area (Å²) in [6.07, 6.45) is 5.08. The van der Waals surface area contributed by atoms with Gasteiger partial charge in [0, 0.05) is 22.8 Å². The normalized spacial score (nSPS) is 12.7. The van der Waals surface area contributed by atoms with Gasteiger partial charge in [-0.1, -0.05) is 18.5 Å². The first-order valence-corrected chi connectivity index (χ1v) is 6.84. The molecule has 0 radical (unpaired) electrons. The zero-order valence-electron chi connectivity index (χ0n) is 11.0. The van der Waals surface area contributed by atoms with E-state index in [1.54, 1.807) is 18.6 Å². The molecule has 3 rings (SSSR count). The molecule has 3 aromatic rings. The van der Waals surface area contributed by atoms with Gasteiger partial charge in [0.25, 0.3) is 0 Å². The first-order valence-electron chi connectivity index (χ1n) is 6.46. The van der Waals surface area contributed by atoms with Crippen LogP contribution in [0, 0.1) is 0 Å². The third-order valence-corrected chi connectivity index (χ3v) is 3.30. The largest absolute Gasteiger partial charge is 0.459 e. The Morgan fingerprint density at radius 1 is 1.30 bits per heavy atom. The molecule has 1 aromatic carbocycles. The van der Waals surface area contributed by atoms with E-state index in [1.807, 2.05) is 31.2 Å². The molecule has 1 N–H and O–H groups in total. The minimum atomic E-state index is -0.111. The zero-order valence-corrected chi connectivity index (χ0v) is 11.8. The Morgan fingerprint density at radius 2 is 2.20 bits per heavy atom. The standard InChI is InChI=1S/C15H14ClN3O/c1-2-18-15(12-9-17-5-6-19-12)14-8-10-7-11(16)3-4-13(10)20-14/h3-9,15,18H,2H2,1H3. The molecule has 5 heteroatoms. The second-order valence-electron chi connectivity index (χ2n) is 4.45. The topological polar surface area (TPSA) is 51.0 Å². The molecule has 1 unspecified atom stereocenters. The maximum atomic E-state index is 6.01. The van der Waals surface area contributed by atoms with Crippen LogP contribution in [0.3, 0.4) is 0 Å². The molecule has 1 atom stereocenters. The third kappa shape index (κ3) is 2.53. The first kappa shape index (κ1) is 13.1. The fourth-order valence-electron chi connectivity index (χ4n) is 2.19. The summed E-state index contributed by atoms with van der Waals surface area (Å²) in [5.74, 6) is 0.810. The summed E-state index contributed by atoms with van der Waals surface area (Å²) in [7, 11) is 0. The van der Waals surface area contributed by atoms with Gasteiger partial charge in [-0.05, 0) is 30.8 Å². The molecule has 0 amide bonds. The van der Waals surface area contributed by atoms with Crippen LogP contribution in [0.2, 0.25) is 5.02 Å². The van der Waals surface area contributed by atoms with E-state index < -0.39 is 0 Å². The Morgan fingerprint density at radius 3 is 2.95 bits per heavy atom. The maximum Gasteiger partial charge on any atom is 0.134 e. The van der Waals surface area contributed by atoms with E-state index in [9.17, 15) is 0 Å². The van der Waals surface area contributed by atoms with E-state index >= 15 is 0 Å². The molecule has 0 aliphatic carbocycles. The molecule has 102 valence electrons. The van der Waals surface area contributed by atoms with E-state index in [0.29, 0.717) is 5.02 Å². The summed E-state index contributed by atoms with van der Waals surface area (Å²) >= 11 is 6.01. The van der Waals surface area contributed by atoms with E-state index in [2.05, 4.69) is 15.3 Å². The quantitative estimate of drug-likeness (QED) is 0.797. The van der Waals surface area contributed by atoms with Gasteiger partial charge in [-0.25, -0.2) is 0 Å². The highest BCUT2D eigenvalue weighted by atomic mass is 35.5. The molecule has 4 nitrogen and oxygen atoms in total. The Kier molecular flexibility index (Phi) is 3.67. The van der Waals surface area contributed by atoms with Crippen LogP contribution in [0.5, 0.6) is 0 Å². The predicted molar refractivity (Wildman–Crippen MR) is 78.8 cm³/mol. The molecule has 2 aromatic heterocycles. The van der Waals surface area contributed by atoms with Crippen LogP contribution in [0.25, 0.3) is 11.0 Å². The van der Waals surface area contributed by atoms with Gasteiger partial charge in [0.05, 0.1) is 11.9 Å². The monoisotopic (exact) mass is 287 g/mol. The number of hydrogen-bond donors (Lipinski definition) is 1. The maximum absolute atomic E-state index is 6.01. The fraction of sp³-hybridized carbons (Fsp3) is 0.200. The van der Waals surface area contributed by atoms with Gasteiger partial charge >= 0.3 is 0 Å². The van der Waals surface area contributed by atoms with Crippen LogP contribution < -0.4 is 5.32 Å². The molecular weight excluding hydrogens is 274 g/mol. The average molecular weight is 288 g/mol. The van der Waals surface area contributed by atoms with Gasteiger partial charge in [-0.3, -0.25) is 9.97 Å². The van der Waals surface area contributed by atoms with E-state index in [0.717, 1.165) is 29.0 Å². The van der Waals surface area contributed by atoms with Crippen molar-refractivity contribution in [3.63, 3.8) is 0 Å². The molecule has 0 saturated carbocycles. The number of aromatic nitrogens is 2. The highest BCUT2D eigenvalue weighted by Crippen LogP contribution is 2.28. The van der Waals surface area contributed by atoms with Gasteiger partial charge in [0.1, 0.15) is 17.4 Å². The Bertz CT molecular complexity index is 711. The highest BCUT2D eigenvalue weighted by Gasteiger charge is 2.19. The lowest BCUT2D eigenvalue weighted by molar-refractivity contribution is 0.470. The number of furan rings is 1. The predicted octanol–water partition coefficient (Wildman–Crippen LogP) is 3.58.